The molecule has 5 nitrogen and oxygen atoms in total. The lowest BCUT2D eigenvalue weighted by Gasteiger charge is -2.02. The Balaban J connectivity index is 2.06. The quantitative estimate of drug-likeness (QED) is 0.853. The number of benzene rings is 1. The molecule has 1 aromatic carbocycles. The molecule has 0 bridgehead atoms. The molecule has 0 aliphatic rings. The molecule has 106 valence electrons. The third-order valence-electron chi connectivity index (χ3n) is 2.51. The number of rotatable bonds is 5. The Morgan fingerprint density at radius 2 is 2.25 bits per heavy atom. The summed E-state index contributed by atoms with van der Waals surface area (Å²) < 4.78 is 18.3. The van der Waals surface area contributed by atoms with Gasteiger partial charge >= 0.3 is 5.97 Å². The Kier molecular flexibility index (Phi) is 4.39. The summed E-state index contributed by atoms with van der Waals surface area (Å²) in [6, 6.07) is 3.96. The largest absolute Gasteiger partial charge is 0.478 e. The molecule has 0 saturated heterocycles. The Labute approximate surface area is 119 Å². The summed E-state index contributed by atoms with van der Waals surface area (Å²) >= 11 is 1.32. The van der Waals surface area contributed by atoms with Crippen molar-refractivity contribution in [2.45, 2.75) is 30.4 Å². The zero-order valence-corrected chi connectivity index (χ0v) is 11.8. The van der Waals surface area contributed by atoms with Crippen LogP contribution in [0.1, 0.15) is 41.8 Å². The zero-order chi connectivity index (χ0) is 14.7. The predicted molar refractivity (Wildman–Crippen MR) is 71.3 cm³/mol. The van der Waals surface area contributed by atoms with Crippen molar-refractivity contribution in [2.24, 2.45) is 0 Å². The number of aromatic nitrogens is 2. The monoisotopic (exact) mass is 296 g/mol. The first-order valence-electron chi connectivity index (χ1n) is 5.95. The Morgan fingerprint density at radius 1 is 1.50 bits per heavy atom. The summed E-state index contributed by atoms with van der Waals surface area (Å²) in [7, 11) is 0. The molecular formula is C13H13FN2O3S. The fourth-order valence-electron chi connectivity index (χ4n) is 1.47. The smallest absolute Gasteiger partial charge is 0.338 e. The molecule has 20 heavy (non-hydrogen) atoms. The second kappa shape index (κ2) is 6.04. The highest BCUT2D eigenvalue weighted by Crippen LogP contribution is 2.24. The second-order valence-electron chi connectivity index (χ2n) is 4.44. The molecule has 0 fully saturated rings. The number of carboxylic acids is 1. The summed E-state index contributed by atoms with van der Waals surface area (Å²) in [5.74, 6) is -0.354. The van der Waals surface area contributed by atoms with E-state index in [2.05, 4.69) is 10.1 Å². The van der Waals surface area contributed by atoms with Crippen molar-refractivity contribution in [1.29, 1.82) is 0 Å². The molecule has 7 heteroatoms. The first-order chi connectivity index (χ1) is 9.47. The molecule has 2 rings (SSSR count). The Morgan fingerprint density at radius 3 is 2.85 bits per heavy atom. The minimum absolute atomic E-state index is 0.158. The van der Waals surface area contributed by atoms with Gasteiger partial charge in [-0.25, -0.2) is 9.18 Å². The van der Waals surface area contributed by atoms with Crippen LogP contribution in [0.25, 0.3) is 0 Å². The molecule has 0 spiro atoms. The first kappa shape index (κ1) is 14.5. The molecule has 0 saturated carbocycles. The second-order valence-corrected chi connectivity index (χ2v) is 5.49. The van der Waals surface area contributed by atoms with Gasteiger partial charge in [-0.3, -0.25) is 0 Å². The minimum Gasteiger partial charge on any atom is -0.478 e. The molecule has 0 radical (unpaired) electrons. The van der Waals surface area contributed by atoms with E-state index in [1.54, 1.807) is 0 Å². The summed E-state index contributed by atoms with van der Waals surface area (Å²) in [5.41, 5.74) is -0.342. The molecule has 0 atom stereocenters. The van der Waals surface area contributed by atoms with E-state index in [9.17, 15) is 9.18 Å². The molecule has 0 unspecified atom stereocenters. The molecule has 2 aromatic rings. The fourth-order valence-corrected chi connectivity index (χ4v) is 2.25. The van der Waals surface area contributed by atoms with Gasteiger partial charge in [0, 0.05) is 10.8 Å². The van der Waals surface area contributed by atoms with E-state index < -0.39 is 11.8 Å². The van der Waals surface area contributed by atoms with E-state index >= 15 is 0 Å². The number of thioether (sulfide) groups is 1. The van der Waals surface area contributed by atoms with E-state index in [-0.39, 0.29) is 11.5 Å². The van der Waals surface area contributed by atoms with Gasteiger partial charge in [0.2, 0.25) is 5.89 Å². The van der Waals surface area contributed by atoms with Crippen molar-refractivity contribution >= 4 is 17.7 Å². The van der Waals surface area contributed by atoms with Crippen LogP contribution >= 0.6 is 11.8 Å². The van der Waals surface area contributed by atoms with Crippen LogP contribution in [0.3, 0.4) is 0 Å². The van der Waals surface area contributed by atoms with Crippen LogP contribution in [-0.2, 0) is 5.75 Å². The summed E-state index contributed by atoms with van der Waals surface area (Å²) in [4.78, 5) is 15.7. The third-order valence-corrected chi connectivity index (χ3v) is 3.50. The van der Waals surface area contributed by atoms with Gasteiger partial charge in [0.25, 0.3) is 0 Å². The average molecular weight is 296 g/mol. The predicted octanol–water partition coefficient (Wildman–Crippen LogP) is 3.32. The van der Waals surface area contributed by atoms with E-state index in [0.29, 0.717) is 22.4 Å². The van der Waals surface area contributed by atoms with Gasteiger partial charge < -0.3 is 9.63 Å². The molecule has 1 aromatic heterocycles. The van der Waals surface area contributed by atoms with Crippen molar-refractivity contribution in [3.63, 3.8) is 0 Å². The number of nitrogens with zero attached hydrogens (tertiary/aromatic N) is 2. The van der Waals surface area contributed by atoms with E-state index in [0.717, 1.165) is 6.07 Å². The van der Waals surface area contributed by atoms with Gasteiger partial charge in [0.15, 0.2) is 5.82 Å². The van der Waals surface area contributed by atoms with Crippen LogP contribution in [0, 0.1) is 5.82 Å². The van der Waals surface area contributed by atoms with Gasteiger partial charge in [0.1, 0.15) is 5.82 Å². The highest BCUT2D eigenvalue weighted by Gasteiger charge is 2.13. The van der Waals surface area contributed by atoms with Gasteiger partial charge in [-0.1, -0.05) is 19.0 Å². The number of carbonyl (C=O) groups is 1. The maximum Gasteiger partial charge on any atom is 0.338 e. The first-order valence-corrected chi connectivity index (χ1v) is 6.94. The van der Waals surface area contributed by atoms with Gasteiger partial charge in [0.05, 0.1) is 11.3 Å². The topological polar surface area (TPSA) is 76.2 Å². The van der Waals surface area contributed by atoms with Gasteiger partial charge in [-0.15, -0.1) is 11.8 Å². The maximum atomic E-state index is 13.2. The van der Waals surface area contributed by atoms with Gasteiger partial charge in [-0.2, -0.15) is 4.98 Å². The van der Waals surface area contributed by atoms with E-state index in [1.807, 2.05) is 13.8 Å². The van der Waals surface area contributed by atoms with Crippen molar-refractivity contribution in [3.05, 3.63) is 41.3 Å². The summed E-state index contributed by atoms with van der Waals surface area (Å²) in [6.45, 7) is 3.90. The van der Waals surface area contributed by atoms with Crippen LogP contribution in [0.15, 0.2) is 27.6 Å². The molecule has 1 heterocycles. The lowest BCUT2D eigenvalue weighted by atomic mass is 10.2. The molecular weight excluding hydrogens is 283 g/mol. The van der Waals surface area contributed by atoms with Crippen molar-refractivity contribution in [1.82, 2.24) is 10.1 Å². The van der Waals surface area contributed by atoms with Crippen molar-refractivity contribution < 1.29 is 18.8 Å². The SMILES string of the molecule is CC(C)c1nc(CSc2ccc(F)c(C(=O)O)c2)no1. The number of hydrogen-bond acceptors (Lipinski definition) is 5. The van der Waals surface area contributed by atoms with E-state index in [4.69, 9.17) is 9.63 Å². The van der Waals surface area contributed by atoms with E-state index in [1.165, 1.54) is 23.9 Å². The molecule has 1 N–H and O–H groups in total. The van der Waals surface area contributed by atoms with Crippen molar-refractivity contribution in [3.8, 4) is 0 Å². The number of hydrogen-bond donors (Lipinski definition) is 1. The fraction of sp³-hybridized carbons (Fsp3) is 0.308. The normalized spacial score (nSPS) is 11.0. The number of aromatic carboxylic acids is 1. The van der Waals surface area contributed by atoms with Crippen LogP contribution in [0.5, 0.6) is 0 Å². The maximum absolute atomic E-state index is 13.2. The standard InChI is InChI=1S/C13H13FN2O3S/c1-7(2)12-15-11(16-19-12)6-20-8-3-4-10(14)9(5-8)13(17)18/h3-5,7H,6H2,1-2H3,(H,17,18). The highest BCUT2D eigenvalue weighted by molar-refractivity contribution is 7.98. The number of carboxylic acid groups (broad SMARTS) is 1. The molecule has 0 aliphatic heterocycles. The van der Waals surface area contributed by atoms with Gasteiger partial charge in [-0.05, 0) is 18.2 Å². The van der Waals surface area contributed by atoms with Crippen LogP contribution < -0.4 is 0 Å². The van der Waals surface area contributed by atoms with Crippen LogP contribution in [-0.4, -0.2) is 21.2 Å². The average Bonchev–Trinajstić information content (AvgIpc) is 2.86. The zero-order valence-electron chi connectivity index (χ0n) is 11.0. The summed E-state index contributed by atoms with van der Waals surface area (Å²) in [5, 5.41) is 12.7. The lowest BCUT2D eigenvalue weighted by molar-refractivity contribution is 0.0691. The number of halogens is 1. The Hall–Kier alpha value is -1.89. The van der Waals surface area contributed by atoms with Crippen LogP contribution in [0.4, 0.5) is 4.39 Å². The minimum atomic E-state index is -1.29. The third kappa shape index (κ3) is 3.36. The lowest BCUT2D eigenvalue weighted by Crippen LogP contribution is -2.00. The van der Waals surface area contributed by atoms with Crippen molar-refractivity contribution in [2.75, 3.05) is 0 Å². The highest BCUT2D eigenvalue weighted by atomic mass is 32.2. The molecule has 0 amide bonds. The Bertz CT molecular complexity index is 628. The van der Waals surface area contributed by atoms with Crippen LogP contribution in [0.2, 0.25) is 0 Å². The molecule has 0 aliphatic carbocycles. The summed E-state index contributed by atoms with van der Waals surface area (Å²) in [6.07, 6.45) is 0.